The van der Waals surface area contributed by atoms with Crippen molar-refractivity contribution in [3.05, 3.63) is 11.8 Å². The van der Waals surface area contributed by atoms with Crippen molar-refractivity contribution >= 4 is 17.6 Å². The van der Waals surface area contributed by atoms with Crippen LogP contribution in [0.2, 0.25) is 0 Å². The quantitative estimate of drug-likeness (QED) is 0.828. The molecule has 0 fully saturated rings. The minimum Gasteiger partial charge on any atom is -0.360 e. The van der Waals surface area contributed by atoms with E-state index in [4.69, 9.17) is 4.52 Å². The summed E-state index contributed by atoms with van der Waals surface area (Å²) < 4.78 is 4.96. The van der Waals surface area contributed by atoms with Gasteiger partial charge < -0.3 is 9.84 Å². The van der Waals surface area contributed by atoms with Gasteiger partial charge in [0.25, 0.3) is 0 Å². The smallest absolute Gasteiger partial charge is 0.225 e. The molecular weight excluding hydrogens is 258 g/mol. The molecule has 1 N–H and O–H groups in total. The first-order chi connectivity index (χ1) is 9.49. The molecule has 1 aromatic heterocycles. The van der Waals surface area contributed by atoms with Gasteiger partial charge in [-0.05, 0) is 19.8 Å². The minimum atomic E-state index is -0.130. The number of carbonyl (C=O) groups is 2. The minimum absolute atomic E-state index is 0.0369. The fourth-order valence-electron chi connectivity index (χ4n) is 2.01. The van der Waals surface area contributed by atoms with E-state index >= 15 is 0 Å². The van der Waals surface area contributed by atoms with E-state index in [0.29, 0.717) is 24.7 Å². The summed E-state index contributed by atoms with van der Waals surface area (Å²) in [6.07, 6.45) is 1.64. The SMILES string of the molecule is CCC(CC)C(=O)NCCN(C(C)=O)c1cc(C)on1. The molecule has 6 heteroatoms. The standard InChI is InChI=1S/C14H23N3O3/c1-5-12(6-2)14(19)15-7-8-17(11(4)18)13-9-10(3)20-16-13/h9,12H,5-8H2,1-4H3,(H,15,19). The second kappa shape index (κ2) is 7.67. The summed E-state index contributed by atoms with van der Waals surface area (Å²) in [5.74, 6) is 1.07. The van der Waals surface area contributed by atoms with E-state index < -0.39 is 0 Å². The molecule has 0 radical (unpaired) electrons. The molecule has 1 aromatic rings. The zero-order valence-corrected chi connectivity index (χ0v) is 12.6. The molecule has 0 aliphatic rings. The van der Waals surface area contributed by atoms with Gasteiger partial charge in [0.1, 0.15) is 5.76 Å². The third-order valence-corrected chi connectivity index (χ3v) is 3.26. The van der Waals surface area contributed by atoms with E-state index in [2.05, 4.69) is 10.5 Å². The Morgan fingerprint density at radius 3 is 2.50 bits per heavy atom. The van der Waals surface area contributed by atoms with Crippen LogP contribution in [0.1, 0.15) is 39.4 Å². The summed E-state index contributed by atoms with van der Waals surface area (Å²) in [6.45, 7) is 8.01. The van der Waals surface area contributed by atoms with Crippen LogP contribution in [0.4, 0.5) is 5.82 Å². The lowest BCUT2D eigenvalue weighted by atomic mass is 10.0. The van der Waals surface area contributed by atoms with Crippen molar-refractivity contribution < 1.29 is 14.1 Å². The first-order valence-electron chi connectivity index (χ1n) is 6.98. The highest BCUT2D eigenvalue weighted by Crippen LogP contribution is 2.13. The second-order valence-corrected chi connectivity index (χ2v) is 4.77. The highest BCUT2D eigenvalue weighted by atomic mass is 16.5. The maximum absolute atomic E-state index is 11.8. The zero-order valence-electron chi connectivity index (χ0n) is 12.6. The molecule has 0 saturated carbocycles. The Balaban J connectivity index is 2.53. The second-order valence-electron chi connectivity index (χ2n) is 4.77. The van der Waals surface area contributed by atoms with Gasteiger partial charge in [-0.1, -0.05) is 19.0 Å². The maximum atomic E-state index is 11.8. The van der Waals surface area contributed by atoms with Gasteiger partial charge in [-0.2, -0.15) is 0 Å². The van der Waals surface area contributed by atoms with Crippen LogP contribution in [0.15, 0.2) is 10.6 Å². The average Bonchev–Trinajstić information content (AvgIpc) is 2.82. The van der Waals surface area contributed by atoms with Crippen LogP contribution in [0.5, 0.6) is 0 Å². The third-order valence-electron chi connectivity index (χ3n) is 3.26. The molecule has 0 aliphatic carbocycles. The number of amides is 2. The molecule has 0 aromatic carbocycles. The molecule has 20 heavy (non-hydrogen) atoms. The molecule has 0 atom stereocenters. The van der Waals surface area contributed by atoms with Crippen molar-refractivity contribution in [3.63, 3.8) is 0 Å². The molecular formula is C14H23N3O3. The molecule has 1 rings (SSSR count). The number of nitrogens with zero attached hydrogens (tertiary/aromatic N) is 2. The summed E-state index contributed by atoms with van der Waals surface area (Å²) in [5, 5.41) is 6.68. The van der Waals surface area contributed by atoms with Crippen molar-refractivity contribution in [1.29, 1.82) is 0 Å². The Morgan fingerprint density at radius 2 is 2.05 bits per heavy atom. The van der Waals surface area contributed by atoms with Gasteiger partial charge in [-0.15, -0.1) is 0 Å². The maximum Gasteiger partial charge on any atom is 0.225 e. The number of rotatable bonds is 7. The Morgan fingerprint density at radius 1 is 1.40 bits per heavy atom. The van der Waals surface area contributed by atoms with Crippen LogP contribution in [-0.4, -0.2) is 30.1 Å². The predicted octanol–water partition coefficient (Wildman–Crippen LogP) is 1.89. The van der Waals surface area contributed by atoms with Crippen molar-refractivity contribution in [2.24, 2.45) is 5.92 Å². The Labute approximate surface area is 119 Å². The van der Waals surface area contributed by atoms with Gasteiger partial charge in [-0.3, -0.25) is 14.5 Å². The van der Waals surface area contributed by atoms with Crippen LogP contribution >= 0.6 is 0 Å². The number of nitrogens with one attached hydrogen (secondary N) is 1. The van der Waals surface area contributed by atoms with E-state index in [0.717, 1.165) is 12.8 Å². The normalized spacial score (nSPS) is 10.7. The van der Waals surface area contributed by atoms with E-state index in [1.807, 2.05) is 13.8 Å². The fraction of sp³-hybridized carbons (Fsp3) is 0.643. The summed E-state index contributed by atoms with van der Waals surface area (Å²) in [5.41, 5.74) is 0. The Kier molecular flexibility index (Phi) is 6.21. The van der Waals surface area contributed by atoms with Gasteiger partial charge in [0, 0.05) is 32.0 Å². The number of aryl methyl sites for hydroxylation is 1. The number of aromatic nitrogens is 1. The number of carbonyl (C=O) groups excluding carboxylic acids is 2. The number of anilines is 1. The van der Waals surface area contributed by atoms with Crippen molar-refractivity contribution in [3.8, 4) is 0 Å². The third kappa shape index (κ3) is 4.36. The lowest BCUT2D eigenvalue weighted by Gasteiger charge is -2.19. The lowest BCUT2D eigenvalue weighted by molar-refractivity contribution is -0.125. The number of hydrogen-bond acceptors (Lipinski definition) is 4. The summed E-state index contributed by atoms with van der Waals surface area (Å²) >= 11 is 0. The molecule has 112 valence electrons. The van der Waals surface area contributed by atoms with Crippen LogP contribution in [-0.2, 0) is 9.59 Å². The number of hydrogen-bond donors (Lipinski definition) is 1. The predicted molar refractivity (Wildman–Crippen MR) is 76.3 cm³/mol. The molecule has 0 spiro atoms. The van der Waals surface area contributed by atoms with Gasteiger partial charge in [0.2, 0.25) is 11.8 Å². The summed E-state index contributed by atoms with van der Waals surface area (Å²) in [4.78, 5) is 24.9. The van der Waals surface area contributed by atoms with Crippen molar-refractivity contribution in [2.45, 2.75) is 40.5 Å². The van der Waals surface area contributed by atoms with E-state index in [9.17, 15) is 9.59 Å². The van der Waals surface area contributed by atoms with E-state index in [1.165, 1.54) is 11.8 Å². The zero-order chi connectivity index (χ0) is 15.1. The topological polar surface area (TPSA) is 75.4 Å². The van der Waals surface area contributed by atoms with Crippen LogP contribution < -0.4 is 10.2 Å². The molecule has 0 saturated heterocycles. The van der Waals surface area contributed by atoms with Crippen molar-refractivity contribution in [1.82, 2.24) is 10.5 Å². The largest absolute Gasteiger partial charge is 0.360 e. The van der Waals surface area contributed by atoms with Crippen LogP contribution in [0, 0.1) is 12.8 Å². The molecule has 0 bridgehead atoms. The van der Waals surface area contributed by atoms with Gasteiger partial charge in [0.05, 0.1) is 0 Å². The van der Waals surface area contributed by atoms with Crippen LogP contribution in [0.25, 0.3) is 0 Å². The Hall–Kier alpha value is -1.85. The van der Waals surface area contributed by atoms with Gasteiger partial charge in [0.15, 0.2) is 5.82 Å². The average molecular weight is 281 g/mol. The Bertz CT molecular complexity index is 452. The van der Waals surface area contributed by atoms with Crippen molar-refractivity contribution in [2.75, 3.05) is 18.0 Å². The monoisotopic (exact) mass is 281 g/mol. The fourth-order valence-corrected chi connectivity index (χ4v) is 2.01. The first-order valence-corrected chi connectivity index (χ1v) is 6.98. The highest BCUT2D eigenvalue weighted by Gasteiger charge is 2.17. The molecule has 0 unspecified atom stereocenters. The molecule has 2 amide bonds. The molecule has 6 nitrogen and oxygen atoms in total. The highest BCUT2D eigenvalue weighted by molar-refractivity contribution is 5.90. The first kappa shape index (κ1) is 16.2. The van der Waals surface area contributed by atoms with Crippen LogP contribution in [0.3, 0.4) is 0 Å². The van der Waals surface area contributed by atoms with Gasteiger partial charge >= 0.3 is 0 Å². The molecule has 0 aliphatic heterocycles. The molecule has 1 heterocycles. The van der Waals surface area contributed by atoms with E-state index in [-0.39, 0.29) is 17.7 Å². The summed E-state index contributed by atoms with van der Waals surface area (Å²) in [7, 11) is 0. The lowest BCUT2D eigenvalue weighted by Crippen LogP contribution is -2.39. The summed E-state index contributed by atoms with van der Waals surface area (Å²) in [6, 6.07) is 1.70. The van der Waals surface area contributed by atoms with Gasteiger partial charge in [-0.25, -0.2) is 0 Å². The van der Waals surface area contributed by atoms with E-state index in [1.54, 1.807) is 13.0 Å².